The van der Waals surface area contributed by atoms with Crippen LogP contribution in [0.4, 0.5) is 10.2 Å². The van der Waals surface area contributed by atoms with E-state index < -0.39 is 24.3 Å². The monoisotopic (exact) mass is 421 g/mol. The minimum Gasteiger partial charge on any atom is -0.467 e. The van der Waals surface area contributed by atoms with Gasteiger partial charge in [0.15, 0.2) is 6.61 Å². The molecule has 0 unspecified atom stereocenters. The topological polar surface area (TPSA) is 97.3 Å². The molecular formula is C23H20FN3O4. The molecule has 0 saturated heterocycles. The summed E-state index contributed by atoms with van der Waals surface area (Å²) in [6.07, 6.45) is 3.85. The third-order valence-electron chi connectivity index (χ3n) is 4.74. The lowest BCUT2D eigenvalue weighted by atomic mass is 10.2. The van der Waals surface area contributed by atoms with E-state index >= 15 is 0 Å². The van der Waals surface area contributed by atoms with Crippen molar-refractivity contribution in [2.45, 2.75) is 20.4 Å². The van der Waals surface area contributed by atoms with Gasteiger partial charge >= 0.3 is 5.97 Å². The Morgan fingerprint density at radius 3 is 2.71 bits per heavy atom. The molecule has 158 valence electrons. The van der Waals surface area contributed by atoms with Gasteiger partial charge in [-0.3, -0.25) is 4.79 Å². The van der Waals surface area contributed by atoms with E-state index in [1.54, 1.807) is 36.0 Å². The Morgan fingerprint density at radius 2 is 2.03 bits per heavy atom. The standard InChI is InChI=1S/C23H20FN3O4/c1-15-16(2)27(13-18-7-5-11-30-18)23(19(15)12-25)26-21(28)14-31-22(29)10-9-17-6-3-4-8-20(17)24/h3-11H,13-14H2,1-2H3,(H,26,28)/b10-9+. The van der Waals surface area contributed by atoms with Gasteiger partial charge in [-0.05, 0) is 43.7 Å². The molecule has 31 heavy (non-hydrogen) atoms. The van der Waals surface area contributed by atoms with E-state index in [9.17, 15) is 19.2 Å². The van der Waals surface area contributed by atoms with E-state index in [4.69, 9.17) is 9.15 Å². The van der Waals surface area contributed by atoms with E-state index in [-0.39, 0.29) is 5.56 Å². The van der Waals surface area contributed by atoms with Crippen molar-refractivity contribution in [1.29, 1.82) is 5.26 Å². The van der Waals surface area contributed by atoms with Crippen LogP contribution in [0.3, 0.4) is 0 Å². The van der Waals surface area contributed by atoms with Gasteiger partial charge in [0.25, 0.3) is 5.91 Å². The van der Waals surface area contributed by atoms with Gasteiger partial charge in [-0.2, -0.15) is 5.26 Å². The number of carbonyl (C=O) groups is 2. The fourth-order valence-corrected chi connectivity index (χ4v) is 3.01. The van der Waals surface area contributed by atoms with Gasteiger partial charge < -0.3 is 19.0 Å². The summed E-state index contributed by atoms with van der Waals surface area (Å²) in [7, 11) is 0. The average molecular weight is 421 g/mol. The van der Waals surface area contributed by atoms with E-state index in [0.29, 0.717) is 23.7 Å². The van der Waals surface area contributed by atoms with Crippen molar-refractivity contribution >= 4 is 23.8 Å². The Balaban J connectivity index is 1.67. The van der Waals surface area contributed by atoms with Crippen molar-refractivity contribution < 1.29 is 23.1 Å². The summed E-state index contributed by atoms with van der Waals surface area (Å²) in [4.78, 5) is 24.2. The number of hydrogen-bond donors (Lipinski definition) is 1. The molecule has 1 amide bonds. The second-order valence-electron chi connectivity index (χ2n) is 6.72. The van der Waals surface area contributed by atoms with Gasteiger partial charge in [-0.1, -0.05) is 18.2 Å². The summed E-state index contributed by atoms with van der Waals surface area (Å²) in [5, 5.41) is 12.2. The Labute approximate surface area is 178 Å². The second kappa shape index (κ2) is 9.59. The fourth-order valence-electron chi connectivity index (χ4n) is 3.01. The van der Waals surface area contributed by atoms with Gasteiger partial charge in [-0.15, -0.1) is 0 Å². The van der Waals surface area contributed by atoms with Crippen molar-refractivity contribution in [3.8, 4) is 6.07 Å². The Morgan fingerprint density at radius 1 is 1.26 bits per heavy atom. The van der Waals surface area contributed by atoms with Crippen molar-refractivity contribution in [2.75, 3.05) is 11.9 Å². The van der Waals surface area contributed by atoms with Crippen molar-refractivity contribution in [3.05, 3.63) is 82.7 Å². The quantitative estimate of drug-likeness (QED) is 0.460. The Kier molecular flexibility index (Phi) is 6.67. The van der Waals surface area contributed by atoms with Crippen LogP contribution in [0, 0.1) is 31.0 Å². The SMILES string of the molecule is Cc1c(C#N)c(NC(=O)COC(=O)/C=C/c2ccccc2F)n(Cc2ccco2)c1C. The molecule has 2 aromatic heterocycles. The first-order valence-electron chi connectivity index (χ1n) is 9.42. The van der Waals surface area contributed by atoms with Crippen LogP contribution >= 0.6 is 0 Å². The van der Waals surface area contributed by atoms with Crippen molar-refractivity contribution in [2.24, 2.45) is 0 Å². The number of halogens is 1. The Hall–Kier alpha value is -4.12. The number of nitrogens with one attached hydrogen (secondary N) is 1. The van der Waals surface area contributed by atoms with Crippen LogP contribution in [-0.4, -0.2) is 23.1 Å². The lowest BCUT2D eigenvalue weighted by Crippen LogP contribution is -2.22. The lowest BCUT2D eigenvalue weighted by Gasteiger charge is -2.12. The molecule has 0 aliphatic carbocycles. The van der Waals surface area contributed by atoms with Crippen LogP contribution < -0.4 is 5.32 Å². The predicted molar refractivity (Wildman–Crippen MR) is 111 cm³/mol. The predicted octanol–water partition coefficient (Wildman–Crippen LogP) is 3.95. The van der Waals surface area contributed by atoms with Crippen LogP contribution in [0.2, 0.25) is 0 Å². The second-order valence-corrected chi connectivity index (χ2v) is 6.72. The van der Waals surface area contributed by atoms with Gasteiger partial charge in [0.2, 0.25) is 0 Å². The van der Waals surface area contributed by atoms with E-state index in [1.165, 1.54) is 24.3 Å². The first-order chi connectivity index (χ1) is 14.9. The number of ether oxygens (including phenoxy) is 1. The smallest absolute Gasteiger partial charge is 0.331 e. The number of nitrogens with zero attached hydrogens (tertiary/aromatic N) is 2. The molecule has 2 heterocycles. The van der Waals surface area contributed by atoms with E-state index in [1.807, 2.05) is 6.92 Å². The molecule has 0 aliphatic rings. The van der Waals surface area contributed by atoms with E-state index in [2.05, 4.69) is 11.4 Å². The molecule has 0 radical (unpaired) electrons. The summed E-state index contributed by atoms with van der Waals surface area (Å²) in [5.74, 6) is -0.921. The summed E-state index contributed by atoms with van der Waals surface area (Å²) < 4.78 is 25.6. The maximum absolute atomic E-state index is 13.6. The summed E-state index contributed by atoms with van der Waals surface area (Å²) >= 11 is 0. The van der Waals surface area contributed by atoms with Gasteiger partial charge in [-0.25, -0.2) is 9.18 Å². The number of hydrogen-bond acceptors (Lipinski definition) is 5. The fraction of sp³-hybridized carbons (Fsp3) is 0.174. The molecule has 1 N–H and O–H groups in total. The van der Waals surface area contributed by atoms with Crippen LogP contribution in [0.5, 0.6) is 0 Å². The minimum atomic E-state index is -0.794. The van der Waals surface area contributed by atoms with Crippen molar-refractivity contribution in [1.82, 2.24) is 4.57 Å². The number of furan rings is 1. The third-order valence-corrected chi connectivity index (χ3v) is 4.74. The Bertz CT molecular complexity index is 1170. The van der Waals surface area contributed by atoms with Crippen LogP contribution in [0.1, 0.15) is 28.1 Å². The molecule has 0 saturated carbocycles. The molecular weight excluding hydrogens is 401 g/mol. The maximum Gasteiger partial charge on any atom is 0.331 e. The number of rotatable bonds is 7. The first-order valence-corrected chi connectivity index (χ1v) is 9.42. The molecule has 0 fully saturated rings. The first kappa shape index (κ1) is 21.6. The number of esters is 1. The molecule has 0 atom stereocenters. The largest absolute Gasteiger partial charge is 0.467 e. The van der Waals surface area contributed by atoms with Crippen LogP contribution in [0.25, 0.3) is 6.08 Å². The zero-order valence-electron chi connectivity index (χ0n) is 17.0. The lowest BCUT2D eigenvalue weighted by molar-refractivity contribution is -0.142. The highest BCUT2D eigenvalue weighted by molar-refractivity contribution is 5.95. The molecule has 3 rings (SSSR count). The number of aromatic nitrogens is 1. The average Bonchev–Trinajstić information content (AvgIpc) is 3.34. The molecule has 7 nitrogen and oxygen atoms in total. The molecule has 3 aromatic rings. The molecule has 1 aromatic carbocycles. The highest BCUT2D eigenvalue weighted by Crippen LogP contribution is 2.27. The molecule has 0 aliphatic heterocycles. The number of anilines is 1. The molecule has 0 bridgehead atoms. The third kappa shape index (κ3) is 5.08. The molecule has 0 spiro atoms. The van der Waals surface area contributed by atoms with Crippen LogP contribution in [0.15, 0.2) is 53.2 Å². The zero-order chi connectivity index (χ0) is 22.4. The summed E-state index contributed by atoms with van der Waals surface area (Å²) in [6.45, 7) is 3.38. The number of amides is 1. The number of carbonyl (C=O) groups excluding carboxylic acids is 2. The molecule has 8 heteroatoms. The van der Waals surface area contributed by atoms with Gasteiger partial charge in [0.05, 0.1) is 18.4 Å². The zero-order valence-corrected chi connectivity index (χ0v) is 17.0. The minimum absolute atomic E-state index is 0.226. The number of benzene rings is 1. The van der Waals surface area contributed by atoms with Crippen molar-refractivity contribution in [3.63, 3.8) is 0 Å². The van der Waals surface area contributed by atoms with Gasteiger partial charge in [0, 0.05) is 17.3 Å². The summed E-state index contributed by atoms with van der Waals surface area (Å²) in [6, 6.07) is 11.6. The van der Waals surface area contributed by atoms with Crippen LogP contribution in [-0.2, 0) is 20.9 Å². The normalized spacial score (nSPS) is 10.8. The maximum atomic E-state index is 13.6. The summed E-state index contributed by atoms with van der Waals surface area (Å²) in [5.41, 5.74) is 2.08. The van der Waals surface area contributed by atoms with E-state index in [0.717, 1.165) is 17.3 Å². The number of nitriles is 1. The highest BCUT2D eigenvalue weighted by Gasteiger charge is 2.20. The van der Waals surface area contributed by atoms with Gasteiger partial charge in [0.1, 0.15) is 23.5 Å². The highest BCUT2D eigenvalue weighted by atomic mass is 19.1.